The van der Waals surface area contributed by atoms with E-state index in [1.165, 1.54) is 10.9 Å². The molecule has 2 heterocycles. The van der Waals surface area contributed by atoms with Crippen LogP contribution in [0.2, 0.25) is 0 Å². The predicted octanol–water partition coefficient (Wildman–Crippen LogP) is 2.62. The van der Waals surface area contributed by atoms with E-state index in [2.05, 4.69) is 15.5 Å². The highest BCUT2D eigenvalue weighted by molar-refractivity contribution is 6.05. The Morgan fingerprint density at radius 3 is 2.69 bits per heavy atom. The minimum absolute atomic E-state index is 0.231. The molecule has 0 saturated heterocycles. The highest BCUT2D eigenvalue weighted by atomic mass is 16.6. The van der Waals surface area contributed by atoms with Crippen molar-refractivity contribution in [2.45, 2.75) is 26.9 Å². The topological polar surface area (TPSA) is 108 Å². The summed E-state index contributed by atoms with van der Waals surface area (Å²) < 4.78 is 3.04. The SMILES string of the molecule is CCn1cc([N+](=O)[O-])c(C(=O)Nc2ccn(Cc3ccccc3C)n2)n1. The number of rotatable bonds is 6. The number of hydrogen-bond acceptors (Lipinski definition) is 5. The minimum atomic E-state index is -0.662. The van der Waals surface area contributed by atoms with Crippen LogP contribution in [0, 0.1) is 17.0 Å². The Hall–Kier alpha value is -3.49. The van der Waals surface area contributed by atoms with Crippen LogP contribution in [0.5, 0.6) is 0 Å². The van der Waals surface area contributed by atoms with Crippen molar-refractivity contribution in [1.29, 1.82) is 0 Å². The molecule has 9 heteroatoms. The predicted molar refractivity (Wildman–Crippen MR) is 95.0 cm³/mol. The van der Waals surface area contributed by atoms with Gasteiger partial charge in [0, 0.05) is 18.8 Å². The van der Waals surface area contributed by atoms with Gasteiger partial charge in [0.05, 0.1) is 11.5 Å². The standard InChI is InChI=1S/C17H18N6O3/c1-3-21-11-14(23(25)26)16(20-21)17(24)18-15-8-9-22(19-15)10-13-7-5-4-6-12(13)2/h4-9,11H,3,10H2,1-2H3,(H,18,19,24). The van der Waals surface area contributed by atoms with Crippen molar-refractivity contribution in [3.8, 4) is 0 Å². The number of hydrogen-bond donors (Lipinski definition) is 1. The van der Waals surface area contributed by atoms with Crippen LogP contribution in [-0.2, 0) is 13.1 Å². The van der Waals surface area contributed by atoms with Gasteiger partial charge in [-0.05, 0) is 25.0 Å². The molecule has 0 aliphatic rings. The molecule has 2 aromatic heterocycles. The number of carbonyl (C=O) groups excluding carboxylic acids is 1. The molecule has 1 amide bonds. The second kappa shape index (κ2) is 7.18. The zero-order valence-electron chi connectivity index (χ0n) is 14.4. The number of anilines is 1. The molecule has 0 unspecified atom stereocenters. The molecule has 3 aromatic rings. The van der Waals surface area contributed by atoms with Crippen LogP contribution in [0.15, 0.2) is 42.7 Å². The summed E-state index contributed by atoms with van der Waals surface area (Å²) in [6.07, 6.45) is 2.98. The third-order valence-electron chi connectivity index (χ3n) is 3.95. The van der Waals surface area contributed by atoms with Crippen LogP contribution in [0.25, 0.3) is 0 Å². The largest absolute Gasteiger partial charge is 0.320 e. The molecule has 0 saturated carbocycles. The normalized spacial score (nSPS) is 10.7. The summed E-state index contributed by atoms with van der Waals surface area (Å²) in [4.78, 5) is 22.8. The zero-order valence-corrected chi connectivity index (χ0v) is 14.4. The van der Waals surface area contributed by atoms with Crippen molar-refractivity contribution in [2.75, 3.05) is 5.32 Å². The second-order valence-electron chi connectivity index (χ2n) is 5.75. The van der Waals surface area contributed by atoms with Gasteiger partial charge in [0.1, 0.15) is 6.20 Å². The molecule has 134 valence electrons. The van der Waals surface area contributed by atoms with Gasteiger partial charge in [-0.3, -0.25) is 24.3 Å². The van der Waals surface area contributed by atoms with Crippen molar-refractivity contribution >= 4 is 17.4 Å². The first kappa shape index (κ1) is 17.3. The lowest BCUT2D eigenvalue weighted by Gasteiger charge is -2.05. The van der Waals surface area contributed by atoms with E-state index >= 15 is 0 Å². The maximum Gasteiger partial charge on any atom is 0.320 e. The molecule has 3 rings (SSSR count). The number of aryl methyl sites for hydroxylation is 2. The molecule has 0 atom stereocenters. The molecule has 1 aromatic carbocycles. The molecular formula is C17H18N6O3. The fourth-order valence-electron chi connectivity index (χ4n) is 2.52. The number of nitrogens with zero attached hydrogens (tertiary/aromatic N) is 5. The summed E-state index contributed by atoms with van der Waals surface area (Å²) >= 11 is 0. The average Bonchev–Trinajstić information content (AvgIpc) is 3.23. The Morgan fingerprint density at radius 2 is 2.00 bits per heavy atom. The van der Waals surface area contributed by atoms with Gasteiger partial charge in [0.2, 0.25) is 5.69 Å². The van der Waals surface area contributed by atoms with Gasteiger partial charge < -0.3 is 5.32 Å². The van der Waals surface area contributed by atoms with E-state index in [9.17, 15) is 14.9 Å². The Balaban J connectivity index is 1.75. The van der Waals surface area contributed by atoms with Crippen LogP contribution in [0.1, 0.15) is 28.5 Å². The summed E-state index contributed by atoms with van der Waals surface area (Å²) in [5.41, 5.74) is 1.70. The molecule has 0 radical (unpaired) electrons. The molecule has 0 bridgehead atoms. The lowest BCUT2D eigenvalue weighted by atomic mass is 10.1. The van der Waals surface area contributed by atoms with Gasteiger partial charge in [-0.2, -0.15) is 10.2 Å². The first-order chi connectivity index (χ1) is 12.5. The molecule has 9 nitrogen and oxygen atoms in total. The van der Waals surface area contributed by atoms with Gasteiger partial charge in [-0.25, -0.2) is 0 Å². The Kier molecular flexibility index (Phi) is 4.78. The number of aromatic nitrogens is 4. The van der Waals surface area contributed by atoms with Crippen LogP contribution < -0.4 is 5.32 Å². The first-order valence-corrected chi connectivity index (χ1v) is 8.09. The van der Waals surface area contributed by atoms with Gasteiger partial charge in [0.25, 0.3) is 5.91 Å². The van der Waals surface area contributed by atoms with E-state index in [1.54, 1.807) is 23.9 Å². The average molecular weight is 354 g/mol. The number of nitro groups is 1. The summed E-state index contributed by atoms with van der Waals surface area (Å²) in [5, 5.41) is 21.9. The lowest BCUT2D eigenvalue weighted by molar-refractivity contribution is -0.385. The molecular weight excluding hydrogens is 336 g/mol. The Bertz CT molecular complexity index is 959. The molecule has 0 aliphatic heterocycles. The number of nitrogens with one attached hydrogen (secondary N) is 1. The van der Waals surface area contributed by atoms with Gasteiger partial charge >= 0.3 is 5.69 Å². The van der Waals surface area contributed by atoms with Crippen LogP contribution in [-0.4, -0.2) is 30.4 Å². The van der Waals surface area contributed by atoms with E-state index in [-0.39, 0.29) is 11.4 Å². The summed E-state index contributed by atoms with van der Waals surface area (Å²) in [6.45, 7) is 4.79. The van der Waals surface area contributed by atoms with Crippen molar-refractivity contribution in [3.63, 3.8) is 0 Å². The van der Waals surface area contributed by atoms with Crippen molar-refractivity contribution in [3.05, 3.63) is 69.7 Å². The van der Waals surface area contributed by atoms with E-state index in [0.29, 0.717) is 18.9 Å². The number of amides is 1. The minimum Gasteiger partial charge on any atom is -0.303 e. The number of carbonyl (C=O) groups is 1. The fraction of sp³-hybridized carbons (Fsp3) is 0.235. The van der Waals surface area contributed by atoms with E-state index < -0.39 is 10.8 Å². The monoisotopic (exact) mass is 354 g/mol. The summed E-state index contributed by atoms with van der Waals surface area (Å²) in [6, 6.07) is 9.59. The maximum absolute atomic E-state index is 12.3. The molecule has 0 fully saturated rings. The van der Waals surface area contributed by atoms with Gasteiger partial charge in [0.15, 0.2) is 5.82 Å². The van der Waals surface area contributed by atoms with Crippen molar-refractivity contribution in [2.24, 2.45) is 0 Å². The molecule has 0 aliphatic carbocycles. The van der Waals surface area contributed by atoms with Crippen LogP contribution >= 0.6 is 0 Å². The highest BCUT2D eigenvalue weighted by Crippen LogP contribution is 2.18. The fourth-order valence-corrected chi connectivity index (χ4v) is 2.52. The number of benzene rings is 1. The third kappa shape index (κ3) is 3.61. The van der Waals surface area contributed by atoms with Gasteiger partial charge in [-0.1, -0.05) is 24.3 Å². The lowest BCUT2D eigenvalue weighted by Crippen LogP contribution is -2.15. The smallest absolute Gasteiger partial charge is 0.303 e. The van der Waals surface area contributed by atoms with Crippen molar-refractivity contribution < 1.29 is 9.72 Å². The van der Waals surface area contributed by atoms with Crippen molar-refractivity contribution in [1.82, 2.24) is 19.6 Å². The van der Waals surface area contributed by atoms with Crippen LogP contribution in [0.4, 0.5) is 11.5 Å². The van der Waals surface area contributed by atoms with Gasteiger partial charge in [-0.15, -0.1) is 0 Å². The molecule has 0 spiro atoms. The zero-order chi connectivity index (χ0) is 18.7. The van der Waals surface area contributed by atoms with E-state index in [1.807, 2.05) is 31.2 Å². The van der Waals surface area contributed by atoms with E-state index in [0.717, 1.165) is 11.1 Å². The van der Waals surface area contributed by atoms with E-state index in [4.69, 9.17) is 0 Å². The molecule has 1 N–H and O–H groups in total. The summed E-state index contributed by atoms with van der Waals surface area (Å²) in [5.74, 6) is -0.353. The first-order valence-electron chi connectivity index (χ1n) is 8.09. The third-order valence-corrected chi connectivity index (χ3v) is 3.95. The quantitative estimate of drug-likeness (QED) is 0.541. The Labute approximate surface area is 149 Å². The van der Waals surface area contributed by atoms with Crippen LogP contribution in [0.3, 0.4) is 0 Å². The second-order valence-corrected chi connectivity index (χ2v) is 5.75. The Morgan fingerprint density at radius 1 is 1.23 bits per heavy atom. The molecule has 26 heavy (non-hydrogen) atoms. The maximum atomic E-state index is 12.3. The summed E-state index contributed by atoms with van der Waals surface area (Å²) in [7, 11) is 0. The highest BCUT2D eigenvalue weighted by Gasteiger charge is 2.25.